The number of nitrogens with zero attached hydrogens (tertiary/aromatic N) is 5. The first-order chi connectivity index (χ1) is 18.4. The number of benzene rings is 1. The normalized spacial score (nSPS) is 22.4. The van der Waals surface area contributed by atoms with E-state index in [1.54, 1.807) is 43.5 Å². The van der Waals surface area contributed by atoms with Crippen molar-refractivity contribution in [3.05, 3.63) is 53.9 Å². The third-order valence-corrected chi connectivity index (χ3v) is 6.68. The third-order valence-electron chi connectivity index (χ3n) is 6.68. The molecule has 11 nitrogen and oxygen atoms in total. The summed E-state index contributed by atoms with van der Waals surface area (Å²) in [6.07, 6.45) is 0.146. The van der Waals surface area contributed by atoms with Crippen LogP contribution in [0, 0.1) is 24.2 Å². The van der Waals surface area contributed by atoms with E-state index < -0.39 is 24.8 Å². The number of aliphatic hydroxyl groups is 1. The van der Waals surface area contributed by atoms with Gasteiger partial charge < -0.3 is 24.5 Å². The second kappa shape index (κ2) is 10.5. The van der Waals surface area contributed by atoms with Gasteiger partial charge in [-0.15, -0.1) is 10.2 Å². The molecule has 1 aliphatic carbocycles. The summed E-state index contributed by atoms with van der Waals surface area (Å²) in [5.41, 5.74) is 1.64. The zero-order valence-electron chi connectivity index (χ0n) is 20.5. The molecule has 0 spiro atoms. The zero-order chi connectivity index (χ0) is 26.8. The Morgan fingerprint density at radius 3 is 2.82 bits per heavy atom. The molecule has 1 saturated heterocycles. The smallest absolute Gasteiger partial charge is 0.248 e. The Hall–Kier alpha value is -4.37. The molecule has 4 atom stereocenters. The van der Waals surface area contributed by atoms with E-state index in [4.69, 9.17) is 14.3 Å². The lowest BCUT2D eigenvalue weighted by molar-refractivity contribution is -0.138. The maximum atomic E-state index is 14.7. The first kappa shape index (κ1) is 25.3. The van der Waals surface area contributed by atoms with Gasteiger partial charge in [0, 0.05) is 32.0 Å². The van der Waals surface area contributed by atoms with E-state index in [1.807, 2.05) is 0 Å². The van der Waals surface area contributed by atoms with Crippen LogP contribution >= 0.6 is 0 Å². The molecule has 2 amide bonds. The maximum absolute atomic E-state index is 14.7. The number of carbonyl (C=O) groups excluding carboxylic acids is 2. The Morgan fingerprint density at radius 1 is 1.29 bits per heavy atom. The van der Waals surface area contributed by atoms with Gasteiger partial charge in [0.25, 0.3) is 0 Å². The molecule has 1 aromatic carbocycles. The molecule has 3 heterocycles. The van der Waals surface area contributed by atoms with Crippen LogP contribution in [0.1, 0.15) is 36.1 Å². The number of anilines is 1. The number of nitriles is 1. The number of ether oxygens (including phenoxy) is 1. The predicted octanol–water partition coefficient (Wildman–Crippen LogP) is 2.36. The zero-order valence-corrected chi connectivity index (χ0v) is 20.5. The minimum Gasteiger partial charge on any atom is -0.486 e. The lowest BCUT2D eigenvalue weighted by atomic mass is 10.0. The van der Waals surface area contributed by atoms with E-state index in [0.717, 1.165) is 5.56 Å². The lowest BCUT2D eigenvalue weighted by Crippen LogP contribution is -2.50. The van der Waals surface area contributed by atoms with Crippen LogP contribution in [0.25, 0.3) is 11.1 Å². The number of rotatable bonds is 7. The van der Waals surface area contributed by atoms with E-state index in [-0.39, 0.29) is 48.6 Å². The standard InChI is InChI=1S/C26H25FN6O5/c1-14-31-32-26(37-14)19-10-18(19)25(36)30-23-9-16(4-6-29-23)15-2-3-21(17(8-15)11-28)38-22-5-7-33(12-20(22)27)24(35)13-34/h2-4,6,8-9,18-20,22,34H,5,7,10,12-13H2,1H3,(H,29,30,36)/t18-,19-,20-,22+/m1/s1. The molecule has 38 heavy (non-hydrogen) atoms. The number of piperidine rings is 1. The van der Waals surface area contributed by atoms with Crippen molar-refractivity contribution in [3.8, 4) is 22.9 Å². The van der Waals surface area contributed by atoms with Crippen LogP contribution in [0.3, 0.4) is 0 Å². The summed E-state index contributed by atoms with van der Waals surface area (Å²) in [5, 5.41) is 29.3. The van der Waals surface area contributed by atoms with Crippen LogP contribution in [0.4, 0.5) is 10.2 Å². The molecule has 2 N–H and O–H groups in total. The monoisotopic (exact) mass is 520 g/mol. The Morgan fingerprint density at radius 2 is 2.11 bits per heavy atom. The van der Waals surface area contributed by atoms with Gasteiger partial charge in [-0.2, -0.15) is 5.26 Å². The van der Waals surface area contributed by atoms with Crippen LogP contribution < -0.4 is 10.1 Å². The van der Waals surface area contributed by atoms with Gasteiger partial charge in [-0.3, -0.25) is 9.59 Å². The SMILES string of the molecule is Cc1nnc([C@@H]2C[C@H]2C(=O)Nc2cc(-c3ccc(O[C@H]4CCN(C(=O)CO)C[C@H]4F)c(C#N)c3)ccn2)o1. The summed E-state index contributed by atoms with van der Waals surface area (Å²) in [6, 6.07) is 10.5. The molecule has 196 valence electrons. The molecule has 2 aromatic heterocycles. The maximum Gasteiger partial charge on any atom is 0.248 e. The van der Waals surface area contributed by atoms with Crippen LogP contribution in [-0.2, 0) is 9.59 Å². The van der Waals surface area contributed by atoms with Gasteiger partial charge in [0.05, 0.1) is 18.0 Å². The van der Waals surface area contributed by atoms with Crippen LogP contribution in [-0.4, -0.2) is 69.0 Å². The fourth-order valence-corrected chi connectivity index (χ4v) is 4.52. The Kier molecular flexibility index (Phi) is 7.02. The summed E-state index contributed by atoms with van der Waals surface area (Å²) in [4.78, 5) is 29.8. The Balaban J connectivity index is 1.25. The van der Waals surface area contributed by atoms with Gasteiger partial charge in [-0.1, -0.05) is 6.07 Å². The largest absolute Gasteiger partial charge is 0.486 e. The van der Waals surface area contributed by atoms with Crippen molar-refractivity contribution in [1.29, 1.82) is 5.26 Å². The molecule has 0 bridgehead atoms. The number of likely N-dealkylation sites (tertiary alicyclic amines) is 1. The lowest BCUT2D eigenvalue weighted by Gasteiger charge is -2.34. The first-order valence-electron chi connectivity index (χ1n) is 12.2. The van der Waals surface area contributed by atoms with E-state index in [9.17, 15) is 19.2 Å². The average molecular weight is 521 g/mol. The van der Waals surface area contributed by atoms with Gasteiger partial charge in [-0.25, -0.2) is 9.37 Å². The van der Waals surface area contributed by atoms with Gasteiger partial charge in [-0.05, 0) is 41.8 Å². The molecule has 1 aliphatic heterocycles. The second-order valence-corrected chi connectivity index (χ2v) is 9.31. The van der Waals surface area contributed by atoms with E-state index in [1.165, 1.54) is 4.90 Å². The Bertz CT molecular complexity index is 1400. The number of hydrogen-bond acceptors (Lipinski definition) is 9. The average Bonchev–Trinajstić information content (AvgIpc) is 3.62. The molecular weight excluding hydrogens is 495 g/mol. The molecular formula is C26H25FN6O5. The minimum atomic E-state index is -1.45. The Labute approximate surface area is 217 Å². The van der Waals surface area contributed by atoms with Gasteiger partial charge in [0.2, 0.25) is 23.6 Å². The molecule has 2 fully saturated rings. The summed E-state index contributed by atoms with van der Waals surface area (Å²) >= 11 is 0. The highest BCUT2D eigenvalue weighted by Crippen LogP contribution is 2.47. The fourth-order valence-electron chi connectivity index (χ4n) is 4.52. The van der Waals surface area contributed by atoms with Crippen molar-refractivity contribution in [2.75, 3.05) is 25.0 Å². The van der Waals surface area contributed by atoms with Crippen LogP contribution in [0.15, 0.2) is 40.9 Å². The second-order valence-electron chi connectivity index (χ2n) is 9.31. The quantitative estimate of drug-likeness (QED) is 0.478. The number of hydrogen-bond donors (Lipinski definition) is 2. The number of aliphatic hydroxyl groups excluding tert-OH is 1. The molecule has 0 unspecified atom stereocenters. The number of amides is 2. The van der Waals surface area contributed by atoms with Crippen molar-refractivity contribution in [3.63, 3.8) is 0 Å². The predicted molar refractivity (Wildman–Crippen MR) is 130 cm³/mol. The molecule has 3 aromatic rings. The van der Waals surface area contributed by atoms with E-state index >= 15 is 0 Å². The first-order valence-corrected chi connectivity index (χ1v) is 12.2. The molecule has 12 heteroatoms. The number of nitrogens with one attached hydrogen (secondary N) is 1. The number of carbonyl (C=O) groups is 2. The number of halogens is 1. The highest BCUT2D eigenvalue weighted by atomic mass is 19.1. The molecule has 2 aliphatic rings. The summed E-state index contributed by atoms with van der Waals surface area (Å²) in [6.45, 7) is 1.11. The van der Waals surface area contributed by atoms with Crippen molar-refractivity contribution in [2.45, 2.75) is 38.0 Å². The van der Waals surface area contributed by atoms with Crippen molar-refractivity contribution in [1.82, 2.24) is 20.1 Å². The minimum absolute atomic E-state index is 0.101. The molecule has 0 radical (unpaired) electrons. The van der Waals surface area contributed by atoms with Crippen LogP contribution in [0.5, 0.6) is 5.75 Å². The van der Waals surface area contributed by atoms with Crippen molar-refractivity contribution < 1.29 is 28.2 Å². The van der Waals surface area contributed by atoms with E-state index in [0.29, 0.717) is 29.6 Å². The molecule has 5 rings (SSSR count). The number of alkyl halides is 1. The summed E-state index contributed by atoms with van der Waals surface area (Å²) in [5.74, 6) is 0.431. The number of aromatic nitrogens is 3. The number of aryl methyl sites for hydroxylation is 1. The summed E-state index contributed by atoms with van der Waals surface area (Å²) < 4.78 is 25.9. The summed E-state index contributed by atoms with van der Waals surface area (Å²) in [7, 11) is 0. The van der Waals surface area contributed by atoms with Crippen molar-refractivity contribution >= 4 is 17.6 Å². The van der Waals surface area contributed by atoms with Gasteiger partial charge in [0.1, 0.15) is 30.3 Å². The van der Waals surface area contributed by atoms with Crippen LogP contribution in [0.2, 0.25) is 0 Å². The van der Waals surface area contributed by atoms with E-state index in [2.05, 4.69) is 26.6 Å². The van der Waals surface area contributed by atoms with Crippen molar-refractivity contribution in [2.24, 2.45) is 5.92 Å². The number of pyridine rings is 1. The van der Waals surface area contributed by atoms with Gasteiger partial charge >= 0.3 is 0 Å². The third kappa shape index (κ3) is 5.33. The van der Waals surface area contributed by atoms with Gasteiger partial charge in [0.15, 0.2) is 6.17 Å². The fraction of sp³-hybridized carbons (Fsp3) is 0.385. The topological polar surface area (TPSA) is 154 Å². The highest BCUT2D eigenvalue weighted by molar-refractivity contribution is 5.94. The highest BCUT2D eigenvalue weighted by Gasteiger charge is 2.47. The molecule has 1 saturated carbocycles.